The molecule has 2 aromatic carbocycles. The van der Waals surface area contributed by atoms with E-state index >= 15 is 0 Å². The molecule has 5 rings (SSSR count). The van der Waals surface area contributed by atoms with E-state index in [0.717, 1.165) is 21.8 Å². The second-order valence-corrected chi connectivity index (χ2v) is 8.33. The Bertz CT molecular complexity index is 1170. The van der Waals surface area contributed by atoms with Crippen LogP contribution in [0.2, 0.25) is 5.02 Å². The quantitative estimate of drug-likeness (QED) is 0.405. The van der Waals surface area contributed by atoms with Gasteiger partial charge in [-0.15, -0.1) is 11.3 Å². The minimum absolute atomic E-state index is 0.157. The maximum absolute atomic E-state index is 13.4. The Morgan fingerprint density at radius 1 is 1.03 bits per heavy atom. The van der Waals surface area contributed by atoms with Gasteiger partial charge in [0.1, 0.15) is 6.04 Å². The fourth-order valence-corrected chi connectivity index (χ4v) is 4.89. The van der Waals surface area contributed by atoms with Gasteiger partial charge in [0.2, 0.25) is 0 Å². The highest BCUT2D eigenvalue weighted by molar-refractivity contribution is 7.10. The number of nitrogens with zero attached hydrogens (tertiary/aromatic N) is 2. The molecule has 2 aromatic heterocycles. The van der Waals surface area contributed by atoms with Crippen molar-refractivity contribution in [1.82, 2.24) is 9.47 Å². The molecular formula is C23H18ClN3OS. The largest absolute Gasteiger partial charge is 0.323 e. The molecule has 3 heterocycles. The van der Waals surface area contributed by atoms with Gasteiger partial charge in [-0.2, -0.15) is 0 Å². The van der Waals surface area contributed by atoms with Crippen molar-refractivity contribution in [3.8, 4) is 5.69 Å². The van der Waals surface area contributed by atoms with Crippen LogP contribution in [0.15, 0.2) is 84.4 Å². The van der Waals surface area contributed by atoms with Crippen LogP contribution in [-0.4, -0.2) is 15.5 Å². The molecule has 6 heteroatoms. The predicted molar refractivity (Wildman–Crippen MR) is 118 cm³/mol. The summed E-state index contributed by atoms with van der Waals surface area (Å²) >= 11 is 7.76. The van der Waals surface area contributed by atoms with Crippen LogP contribution in [0, 0.1) is 0 Å². The van der Waals surface area contributed by atoms with Gasteiger partial charge in [0, 0.05) is 21.8 Å². The zero-order valence-electron chi connectivity index (χ0n) is 15.5. The highest BCUT2D eigenvalue weighted by atomic mass is 35.5. The molecular weight excluding hydrogens is 402 g/mol. The lowest BCUT2D eigenvalue weighted by Gasteiger charge is -2.30. The number of thiophene rings is 1. The summed E-state index contributed by atoms with van der Waals surface area (Å²) in [6, 6.07) is 23.3. The lowest BCUT2D eigenvalue weighted by Crippen LogP contribution is -2.37. The Labute approximate surface area is 178 Å². The van der Waals surface area contributed by atoms with E-state index in [1.807, 2.05) is 46.7 Å². The maximum Gasteiger partial charge on any atom is 0.323 e. The summed E-state index contributed by atoms with van der Waals surface area (Å²) in [5.74, 6) is 0. The second-order valence-electron chi connectivity index (χ2n) is 6.92. The molecule has 0 unspecified atom stereocenters. The van der Waals surface area contributed by atoms with Crippen molar-refractivity contribution in [2.45, 2.75) is 12.6 Å². The Balaban J connectivity index is 1.61. The van der Waals surface area contributed by atoms with Gasteiger partial charge in [-0.3, -0.25) is 0 Å². The topological polar surface area (TPSA) is 37.3 Å². The smallest absolute Gasteiger partial charge is 0.318 e. The molecule has 1 aliphatic heterocycles. The lowest BCUT2D eigenvalue weighted by molar-refractivity contribution is 0.195. The van der Waals surface area contributed by atoms with E-state index in [4.69, 9.17) is 11.6 Å². The average molecular weight is 420 g/mol. The molecule has 0 saturated heterocycles. The summed E-state index contributed by atoms with van der Waals surface area (Å²) in [5, 5.41) is 5.66. The number of para-hydroxylation sites is 1. The van der Waals surface area contributed by atoms with Crippen molar-refractivity contribution in [3.63, 3.8) is 0 Å². The number of nitrogens with one attached hydrogen (secondary N) is 1. The number of carbonyl (C=O) groups is 1. The molecule has 4 nitrogen and oxygen atoms in total. The second kappa shape index (κ2) is 7.43. The first kappa shape index (κ1) is 18.0. The molecule has 4 aromatic rings. The zero-order chi connectivity index (χ0) is 19.8. The fourth-order valence-electron chi connectivity index (χ4n) is 3.85. The van der Waals surface area contributed by atoms with Crippen molar-refractivity contribution in [2.24, 2.45) is 0 Å². The molecule has 0 fully saturated rings. The summed E-state index contributed by atoms with van der Waals surface area (Å²) in [7, 11) is 0. The first-order chi connectivity index (χ1) is 14.2. The Morgan fingerprint density at radius 3 is 2.76 bits per heavy atom. The number of hydrogen-bond donors (Lipinski definition) is 1. The maximum atomic E-state index is 13.4. The number of halogens is 1. The number of urea groups is 1. The van der Waals surface area contributed by atoms with Gasteiger partial charge < -0.3 is 14.8 Å². The van der Waals surface area contributed by atoms with Gasteiger partial charge in [-0.05, 0) is 53.4 Å². The van der Waals surface area contributed by atoms with Crippen LogP contribution in [0.25, 0.3) is 5.69 Å². The number of amides is 2. The van der Waals surface area contributed by atoms with Gasteiger partial charge in [-0.25, -0.2) is 4.79 Å². The average Bonchev–Trinajstić information content (AvgIpc) is 3.39. The minimum Gasteiger partial charge on any atom is -0.318 e. The highest BCUT2D eigenvalue weighted by Crippen LogP contribution is 2.38. The molecule has 0 radical (unpaired) electrons. The summed E-state index contributed by atoms with van der Waals surface area (Å²) in [6.07, 6.45) is 2.06. The number of rotatable bonds is 2. The van der Waals surface area contributed by atoms with E-state index < -0.39 is 0 Å². The van der Waals surface area contributed by atoms with E-state index in [1.54, 1.807) is 23.5 Å². The molecule has 0 spiro atoms. The molecule has 1 aliphatic rings. The number of carbonyl (C=O) groups excluding carboxylic acids is 1. The number of aromatic nitrogens is 1. The van der Waals surface area contributed by atoms with Crippen molar-refractivity contribution < 1.29 is 4.79 Å². The van der Waals surface area contributed by atoms with E-state index in [2.05, 4.69) is 40.3 Å². The lowest BCUT2D eigenvalue weighted by atomic mass is 10.1. The van der Waals surface area contributed by atoms with Crippen LogP contribution in [0.3, 0.4) is 0 Å². The third-order valence-electron chi connectivity index (χ3n) is 5.11. The minimum atomic E-state index is -0.184. The summed E-state index contributed by atoms with van der Waals surface area (Å²) in [4.78, 5) is 16.5. The van der Waals surface area contributed by atoms with Gasteiger partial charge >= 0.3 is 6.03 Å². The zero-order valence-corrected chi connectivity index (χ0v) is 17.0. The summed E-state index contributed by atoms with van der Waals surface area (Å²) in [5.41, 5.74) is 3.95. The highest BCUT2D eigenvalue weighted by Gasteiger charge is 2.33. The fraction of sp³-hybridized carbons (Fsp3) is 0.0870. The van der Waals surface area contributed by atoms with Crippen LogP contribution < -0.4 is 5.32 Å². The van der Waals surface area contributed by atoms with Crippen LogP contribution in [0.4, 0.5) is 10.5 Å². The van der Waals surface area contributed by atoms with E-state index in [1.165, 1.54) is 0 Å². The van der Waals surface area contributed by atoms with Crippen LogP contribution >= 0.6 is 22.9 Å². The van der Waals surface area contributed by atoms with Crippen molar-refractivity contribution >= 4 is 34.7 Å². The summed E-state index contributed by atoms with van der Waals surface area (Å²) in [6.45, 7) is 0.507. The van der Waals surface area contributed by atoms with Crippen LogP contribution in [-0.2, 0) is 6.54 Å². The molecule has 144 valence electrons. The molecule has 0 aliphatic carbocycles. The summed E-state index contributed by atoms with van der Waals surface area (Å²) < 4.78 is 2.19. The first-order valence-electron chi connectivity index (χ1n) is 9.33. The Kier molecular flexibility index (Phi) is 4.62. The number of fused-ring (bicyclic) bond motifs is 3. The molecule has 29 heavy (non-hydrogen) atoms. The molecule has 1 N–H and O–H groups in total. The molecule has 1 atom stereocenters. The van der Waals surface area contributed by atoms with E-state index in [0.29, 0.717) is 17.3 Å². The van der Waals surface area contributed by atoms with Crippen LogP contribution in [0.5, 0.6) is 0 Å². The van der Waals surface area contributed by atoms with Crippen molar-refractivity contribution in [2.75, 3.05) is 5.32 Å². The van der Waals surface area contributed by atoms with Crippen molar-refractivity contribution in [3.05, 3.63) is 106 Å². The van der Waals surface area contributed by atoms with Crippen molar-refractivity contribution in [1.29, 1.82) is 0 Å². The molecule has 2 amide bonds. The predicted octanol–water partition coefficient (Wildman–Crippen LogP) is 6.33. The van der Waals surface area contributed by atoms with Gasteiger partial charge in [-0.1, -0.05) is 41.9 Å². The monoisotopic (exact) mass is 419 g/mol. The normalized spacial score (nSPS) is 15.3. The van der Waals surface area contributed by atoms with Gasteiger partial charge in [0.25, 0.3) is 0 Å². The third kappa shape index (κ3) is 3.33. The third-order valence-corrected chi connectivity index (χ3v) is 6.27. The van der Waals surface area contributed by atoms with Gasteiger partial charge in [0.15, 0.2) is 0 Å². The Morgan fingerprint density at radius 2 is 1.93 bits per heavy atom. The number of anilines is 1. The molecule has 0 saturated carbocycles. The molecule has 0 bridgehead atoms. The van der Waals surface area contributed by atoms with E-state index in [-0.39, 0.29) is 12.1 Å². The number of hydrogen-bond acceptors (Lipinski definition) is 2. The number of benzene rings is 2. The standard InChI is InChI=1S/C23H18ClN3OS/c24-17-7-3-8-18(14-17)25-23(28)27-15-16-6-1-2-9-19(16)26-12-4-10-20(26)22(27)21-11-5-13-29-21/h1-14,22H,15H2,(H,25,28)/t22-/m1/s1. The first-order valence-corrected chi connectivity index (χ1v) is 10.6. The van der Waals surface area contributed by atoms with Crippen LogP contribution in [0.1, 0.15) is 22.2 Å². The SMILES string of the molecule is O=C(Nc1cccc(Cl)c1)N1Cc2ccccc2-n2cccc2[C@@H]1c1cccs1. The Hall–Kier alpha value is -3.02. The van der Waals surface area contributed by atoms with Gasteiger partial charge in [0.05, 0.1) is 17.9 Å². The van der Waals surface area contributed by atoms with E-state index in [9.17, 15) is 4.79 Å².